The summed E-state index contributed by atoms with van der Waals surface area (Å²) >= 11 is 1.24. The highest BCUT2D eigenvalue weighted by Gasteiger charge is 2.17. The highest BCUT2D eigenvalue weighted by Crippen LogP contribution is 2.24. The smallest absolute Gasteiger partial charge is 0.271 e. The van der Waals surface area contributed by atoms with E-state index in [1.165, 1.54) is 11.3 Å². The first-order chi connectivity index (χ1) is 9.03. The number of hydrogen-bond acceptors (Lipinski definition) is 5. The van der Waals surface area contributed by atoms with Crippen LogP contribution in [0.2, 0.25) is 0 Å². The summed E-state index contributed by atoms with van der Waals surface area (Å²) < 4.78 is 27.3. The Morgan fingerprint density at radius 1 is 1.37 bits per heavy atom. The Bertz CT molecular complexity index is 665. The molecule has 2 heterocycles. The van der Waals surface area contributed by atoms with Crippen molar-refractivity contribution >= 4 is 27.0 Å². The minimum Gasteiger partial charge on any atom is -0.330 e. The molecular formula is C12H15N3O2S2. The second-order valence-electron chi connectivity index (χ2n) is 4.00. The number of aryl methyl sites for hydroxylation is 1. The quantitative estimate of drug-likeness (QED) is 0.880. The molecule has 2 aromatic heterocycles. The van der Waals surface area contributed by atoms with Crippen LogP contribution in [0.15, 0.2) is 34.7 Å². The van der Waals surface area contributed by atoms with Gasteiger partial charge in [0, 0.05) is 11.1 Å². The van der Waals surface area contributed by atoms with Gasteiger partial charge in [-0.25, -0.2) is 8.42 Å². The Kier molecular flexibility index (Phi) is 4.18. The van der Waals surface area contributed by atoms with Crippen molar-refractivity contribution in [3.63, 3.8) is 0 Å². The monoisotopic (exact) mass is 297 g/mol. The fourth-order valence-electron chi connectivity index (χ4n) is 1.57. The first kappa shape index (κ1) is 14.0. The van der Waals surface area contributed by atoms with Crippen LogP contribution in [-0.4, -0.2) is 19.9 Å². The largest absolute Gasteiger partial charge is 0.330 e. The molecule has 3 N–H and O–H groups in total. The van der Waals surface area contributed by atoms with Crippen LogP contribution in [0.4, 0.5) is 5.69 Å². The Morgan fingerprint density at radius 2 is 2.16 bits per heavy atom. The number of pyridine rings is 1. The Labute approximate surface area is 116 Å². The third kappa shape index (κ3) is 3.31. The summed E-state index contributed by atoms with van der Waals surface area (Å²) in [6.45, 7) is 2.27. The van der Waals surface area contributed by atoms with Gasteiger partial charge >= 0.3 is 0 Å². The van der Waals surface area contributed by atoms with Crippen molar-refractivity contribution in [1.29, 1.82) is 0 Å². The average Bonchev–Trinajstić information content (AvgIpc) is 2.82. The number of hydrogen-bond donors (Lipinski definition) is 2. The van der Waals surface area contributed by atoms with Crippen molar-refractivity contribution in [3.8, 4) is 0 Å². The molecule has 0 amide bonds. The van der Waals surface area contributed by atoms with Crippen molar-refractivity contribution in [3.05, 3.63) is 41.0 Å². The SMILES string of the molecule is Cc1ncccc1NS(=O)(=O)c1ccc(CCN)s1. The zero-order valence-electron chi connectivity index (χ0n) is 10.5. The van der Waals surface area contributed by atoms with Crippen LogP contribution in [0.3, 0.4) is 0 Å². The van der Waals surface area contributed by atoms with Gasteiger partial charge in [-0.3, -0.25) is 9.71 Å². The normalized spacial score (nSPS) is 11.5. The van der Waals surface area contributed by atoms with E-state index in [9.17, 15) is 8.42 Å². The molecule has 0 saturated heterocycles. The molecule has 0 bridgehead atoms. The molecule has 0 unspecified atom stereocenters. The molecule has 0 spiro atoms. The minimum absolute atomic E-state index is 0.291. The van der Waals surface area contributed by atoms with Crippen LogP contribution in [0.1, 0.15) is 10.6 Å². The van der Waals surface area contributed by atoms with Crippen LogP contribution in [0.25, 0.3) is 0 Å². The average molecular weight is 297 g/mol. The zero-order chi connectivity index (χ0) is 13.9. The van der Waals surface area contributed by atoms with Crippen LogP contribution in [-0.2, 0) is 16.4 Å². The van der Waals surface area contributed by atoms with Crippen LogP contribution in [0, 0.1) is 6.92 Å². The second kappa shape index (κ2) is 5.68. The van der Waals surface area contributed by atoms with E-state index in [-0.39, 0.29) is 0 Å². The minimum atomic E-state index is -3.55. The van der Waals surface area contributed by atoms with Gasteiger partial charge in [-0.1, -0.05) is 0 Å². The predicted octanol–water partition coefficient (Wildman–Crippen LogP) is 1.75. The predicted molar refractivity (Wildman–Crippen MR) is 76.9 cm³/mol. The maximum Gasteiger partial charge on any atom is 0.271 e. The highest BCUT2D eigenvalue weighted by molar-refractivity contribution is 7.94. The Morgan fingerprint density at radius 3 is 2.84 bits per heavy atom. The Hall–Kier alpha value is -1.44. The first-order valence-electron chi connectivity index (χ1n) is 5.76. The maximum absolute atomic E-state index is 12.2. The summed E-state index contributed by atoms with van der Waals surface area (Å²) in [5, 5.41) is 0. The van der Waals surface area contributed by atoms with Gasteiger partial charge in [0.2, 0.25) is 0 Å². The molecule has 2 aromatic rings. The van der Waals surface area contributed by atoms with E-state index in [0.29, 0.717) is 28.6 Å². The summed E-state index contributed by atoms with van der Waals surface area (Å²) in [4.78, 5) is 5.02. The van der Waals surface area contributed by atoms with Gasteiger partial charge in [-0.2, -0.15) is 0 Å². The van der Waals surface area contributed by atoms with E-state index in [1.54, 1.807) is 37.4 Å². The fourth-order valence-corrected chi connectivity index (χ4v) is 4.05. The van der Waals surface area contributed by atoms with E-state index >= 15 is 0 Å². The number of anilines is 1. The molecule has 0 aliphatic carbocycles. The molecule has 0 atom stereocenters. The summed E-state index contributed by atoms with van der Waals surface area (Å²) in [6, 6.07) is 6.78. The Balaban J connectivity index is 2.25. The topological polar surface area (TPSA) is 85.1 Å². The van der Waals surface area contributed by atoms with E-state index in [1.807, 2.05) is 0 Å². The number of nitrogens with one attached hydrogen (secondary N) is 1. The molecule has 102 valence electrons. The summed E-state index contributed by atoms with van der Waals surface area (Å²) in [5.41, 5.74) is 6.60. The number of thiophene rings is 1. The molecule has 0 radical (unpaired) electrons. The number of rotatable bonds is 5. The second-order valence-corrected chi connectivity index (χ2v) is 7.08. The maximum atomic E-state index is 12.2. The van der Waals surface area contributed by atoms with Crippen LogP contribution in [0.5, 0.6) is 0 Å². The summed E-state index contributed by atoms with van der Waals surface area (Å²) in [6.07, 6.45) is 2.31. The van der Waals surface area contributed by atoms with Crippen molar-refractivity contribution in [1.82, 2.24) is 4.98 Å². The number of nitrogens with two attached hydrogens (primary N) is 1. The lowest BCUT2D eigenvalue weighted by Crippen LogP contribution is -2.12. The van der Waals surface area contributed by atoms with E-state index in [4.69, 9.17) is 5.73 Å². The van der Waals surface area contributed by atoms with Gasteiger partial charge in [0.1, 0.15) is 4.21 Å². The van der Waals surface area contributed by atoms with Gasteiger partial charge in [0.15, 0.2) is 0 Å². The van der Waals surface area contributed by atoms with Gasteiger partial charge in [-0.05, 0) is 44.2 Å². The molecule has 0 fully saturated rings. The third-order valence-electron chi connectivity index (χ3n) is 2.54. The van der Waals surface area contributed by atoms with E-state index in [2.05, 4.69) is 9.71 Å². The molecule has 0 aliphatic heterocycles. The lowest BCUT2D eigenvalue weighted by molar-refractivity contribution is 0.603. The molecule has 0 saturated carbocycles. The summed E-state index contributed by atoms with van der Waals surface area (Å²) in [7, 11) is -3.55. The standard InChI is InChI=1S/C12H15N3O2S2/c1-9-11(3-2-8-14-9)15-19(16,17)12-5-4-10(18-12)6-7-13/h2-5,8,15H,6-7,13H2,1H3. The van der Waals surface area contributed by atoms with Gasteiger partial charge in [0.25, 0.3) is 10.0 Å². The lowest BCUT2D eigenvalue weighted by atomic mass is 10.3. The number of nitrogens with zero attached hydrogens (tertiary/aromatic N) is 1. The van der Waals surface area contributed by atoms with Gasteiger partial charge in [0.05, 0.1) is 11.4 Å². The molecule has 2 rings (SSSR count). The van der Waals surface area contributed by atoms with E-state index in [0.717, 1.165) is 4.88 Å². The van der Waals surface area contributed by atoms with Crippen molar-refractivity contribution in [2.45, 2.75) is 17.6 Å². The zero-order valence-corrected chi connectivity index (χ0v) is 12.1. The molecule has 19 heavy (non-hydrogen) atoms. The summed E-state index contributed by atoms with van der Waals surface area (Å²) in [5.74, 6) is 0. The van der Waals surface area contributed by atoms with Gasteiger partial charge < -0.3 is 5.73 Å². The lowest BCUT2D eigenvalue weighted by Gasteiger charge is -2.07. The van der Waals surface area contributed by atoms with Gasteiger partial charge in [-0.15, -0.1) is 11.3 Å². The number of sulfonamides is 1. The first-order valence-corrected chi connectivity index (χ1v) is 8.06. The fraction of sp³-hybridized carbons (Fsp3) is 0.250. The highest BCUT2D eigenvalue weighted by atomic mass is 32.2. The van der Waals surface area contributed by atoms with E-state index < -0.39 is 10.0 Å². The van der Waals surface area contributed by atoms with Crippen LogP contribution < -0.4 is 10.5 Å². The van der Waals surface area contributed by atoms with Crippen molar-refractivity contribution in [2.24, 2.45) is 5.73 Å². The molecular weight excluding hydrogens is 282 g/mol. The van der Waals surface area contributed by atoms with Crippen LogP contribution >= 0.6 is 11.3 Å². The van der Waals surface area contributed by atoms with Crippen molar-refractivity contribution < 1.29 is 8.42 Å². The molecule has 0 aromatic carbocycles. The number of aromatic nitrogens is 1. The molecule has 7 heteroatoms. The van der Waals surface area contributed by atoms with Crippen molar-refractivity contribution in [2.75, 3.05) is 11.3 Å². The molecule has 5 nitrogen and oxygen atoms in total. The molecule has 0 aliphatic rings. The third-order valence-corrected chi connectivity index (χ3v) is 5.55.